The van der Waals surface area contributed by atoms with E-state index in [0.29, 0.717) is 11.6 Å². The molecule has 0 heterocycles. The molecule has 1 N–H and O–H groups in total. The van der Waals surface area contributed by atoms with E-state index in [2.05, 4.69) is 19.2 Å². The van der Waals surface area contributed by atoms with E-state index in [1.807, 2.05) is 13.8 Å². The Morgan fingerprint density at radius 3 is 2.33 bits per heavy atom. The van der Waals surface area contributed by atoms with Gasteiger partial charge in [-0.15, -0.1) is 0 Å². The zero-order valence-corrected chi connectivity index (χ0v) is 12.0. The maximum Gasteiger partial charge on any atom is 0.160 e. The summed E-state index contributed by atoms with van der Waals surface area (Å²) in [5.74, 6) is -1.75. The first-order chi connectivity index (χ1) is 8.24. The molecular formula is C14H20ClF2N. The van der Waals surface area contributed by atoms with Gasteiger partial charge < -0.3 is 5.32 Å². The van der Waals surface area contributed by atoms with Crippen LogP contribution in [0.25, 0.3) is 0 Å². The fraction of sp³-hybridized carbons (Fsp3) is 0.571. The minimum Gasteiger partial charge on any atom is -0.315 e. The number of hydrogen-bond donors (Lipinski definition) is 1. The van der Waals surface area contributed by atoms with Crippen molar-refractivity contribution in [1.82, 2.24) is 5.32 Å². The highest BCUT2D eigenvalue weighted by atomic mass is 35.5. The van der Waals surface area contributed by atoms with Gasteiger partial charge in [0, 0.05) is 11.1 Å². The average molecular weight is 276 g/mol. The standard InChI is InChI=1S/C14H20ClF2N/c1-9(2)18-6-5-14(3,4)10-7-12(16)13(17)8-11(10)15/h7-9,18H,5-6H2,1-4H3. The first-order valence-corrected chi connectivity index (χ1v) is 6.50. The third-order valence-corrected chi connectivity index (χ3v) is 3.35. The predicted molar refractivity (Wildman–Crippen MR) is 72.1 cm³/mol. The average Bonchev–Trinajstić information content (AvgIpc) is 2.22. The number of hydrogen-bond acceptors (Lipinski definition) is 1. The van der Waals surface area contributed by atoms with Gasteiger partial charge in [0.25, 0.3) is 0 Å². The predicted octanol–water partition coefficient (Wildman–Crippen LogP) is 4.28. The molecule has 0 aliphatic rings. The summed E-state index contributed by atoms with van der Waals surface area (Å²) in [7, 11) is 0. The molecule has 0 atom stereocenters. The molecule has 0 aromatic heterocycles. The van der Waals surface area contributed by atoms with Crippen molar-refractivity contribution in [2.75, 3.05) is 6.54 Å². The molecule has 0 radical (unpaired) electrons. The van der Waals surface area contributed by atoms with E-state index in [-0.39, 0.29) is 10.4 Å². The number of benzene rings is 1. The highest BCUT2D eigenvalue weighted by Gasteiger charge is 2.24. The summed E-state index contributed by atoms with van der Waals surface area (Å²) in [6, 6.07) is 2.65. The van der Waals surface area contributed by atoms with Crippen molar-refractivity contribution < 1.29 is 8.78 Å². The van der Waals surface area contributed by atoms with E-state index in [1.165, 1.54) is 6.07 Å². The Labute approximate surface area is 113 Å². The number of nitrogens with one attached hydrogen (secondary N) is 1. The van der Waals surface area contributed by atoms with Crippen LogP contribution in [0.4, 0.5) is 8.78 Å². The molecule has 1 aromatic carbocycles. The molecule has 0 spiro atoms. The van der Waals surface area contributed by atoms with Crippen molar-refractivity contribution in [3.8, 4) is 0 Å². The Hall–Kier alpha value is -0.670. The van der Waals surface area contributed by atoms with Crippen molar-refractivity contribution in [2.24, 2.45) is 0 Å². The van der Waals surface area contributed by atoms with Crippen LogP contribution in [0, 0.1) is 11.6 Å². The molecule has 18 heavy (non-hydrogen) atoms. The van der Waals surface area contributed by atoms with Crippen LogP contribution in [-0.2, 0) is 5.41 Å². The van der Waals surface area contributed by atoms with Gasteiger partial charge in [0.2, 0.25) is 0 Å². The second-order valence-electron chi connectivity index (χ2n) is 5.49. The summed E-state index contributed by atoms with van der Waals surface area (Å²) in [5, 5.41) is 3.59. The first-order valence-electron chi connectivity index (χ1n) is 6.12. The molecular weight excluding hydrogens is 256 g/mol. The van der Waals surface area contributed by atoms with Gasteiger partial charge in [-0.05, 0) is 36.1 Å². The zero-order valence-electron chi connectivity index (χ0n) is 11.3. The molecule has 0 fully saturated rings. The molecule has 0 saturated heterocycles. The first kappa shape index (κ1) is 15.4. The van der Waals surface area contributed by atoms with Crippen molar-refractivity contribution in [1.29, 1.82) is 0 Å². The summed E-state index contributed by atoms with van der Waals surface area (Å²) in [4.78, 5) is 0. The van der Waals surface area contributed by atoms with Crippen LogP contribution in [0.15, 0.2) is 12.1 Å². The van der Waals surface area contributed by atoms with Gasteiger partial charge in [-0.3, -0.25) is 0 Å². The summed E-state index contributed by atoms with van der Waals surface area (Å²) >= 11 is 6.00. The van der Waals surface area contributed by atoms with Gasteiger partial charge in [0.1, 0.15) is 0 Å². The number of rotatable bonds is 5. The Kier molecular flexibility index (Phi) is 5.11. The van der Waals surface area contributed by atoms with Gasteiger partial charge >= 0.3 is 0 Å². The second-order valence-corrected chi connectivity index (χ2v) is 5.90. The highest BCUT2D eigenvalue weighted by Crippen LogP contribution is 2.33. The van der Waals surface area contributed by atoms with Crippen LogP contribution in [0.1, 0.15) is 39.7 Å². The maximum atomic E-state index is 13.3. The van der Waals surface area contributed by atoms with Gasteiger partial charge in [0.15, 0.2) is 11.6 Å². The molecule has 0 bridgehead atoms. The van der Waals surface area contributed by atoms with Crippen LogP contribution >= 0.6 is 11.6 Å². The highest BCUT2D eigenvalue weighted by molar-refractivity contribution is 6.31. The van der Waals surface area contributed by atoms with E-state index in [9.17, 15) is 8.78 Å². The quantitative estimate of drug-likeness (QED) is 0.791. The lowest BCUT2D eigenvalue weighted by Crippen LogP contribution is -2.29. The lowest BCUT2D eigenvalue weighted by Gasteiger charge is -2.27. The van der Waals surface area contributed by atoms with Gasteiger partial charge in [0.05, 0.1) is 0 Å². The molecule has 1 nitrogen and oxygen atoms in total. The zero-order chi connectivity index (χ0) is 13.9. The molecule has 0 aliphatic carbocycles. The minimum absolute atomic E-state index is 0.281. The SMILES string of the molecule is CC(C)NCCC(C)(C)c1cc(F)c(F)cc1Cl. The lowest BCUT2D eigenvalue weighted by atomic mass is 9.81. The third kappa shape index (κ3) is 3.92. The van der Waals surface area contributed by atoms with E-state index in [4.69, 9.17) is 11.6 Å². The van der Waals surface area contributed by atoms with Crippen LogP contribution in [-0.4, -0.2) is 12.6 Å². The van der Waals surface area contributed by atoms with E-state index in [0.717, 1.165) is 19.0 Å². The lowest BCUT2D eigenvalue weighted by molar-refractivity contribution is 0.435. The van der Waals surface area contributed by atoms with E-state index in [1.54, 1.807) is 0 Å². The van der Waals surface area contributed by atoms with Crippen LogP contribution < -0.4 is 5.32 Å². The smallest absolute Gasteiger partial charge is 0.160 e. The van der Waals surface area contributed by atoms with Crippen molar-refractivity contribution in [2.45, 2.75) is 45.6 Å². The molecule has 0 unspecified atom stereocenters. The summed E-state index contributed by atoms with van der Waals surface area (Å²) < 4.78 is 26.3. The van der Waals surface area contributed by atoms with Crippen LogP contribution in [0.5, 0.6) is 0 Å². The Morgan fingerprint density at radius 1 is 1.22 bits per heavy atom. The second kappa shape index (κ2) is 5.98. The molecule has 0 amide bonds. The number of halogens is 3. The fourth-order valence-corrected chi connectivity index (χ4v) is 2.26. The molecule has 0 saturated carbocycles. The van der Waals surface area contributed by atoms with Crippen LogP contribution in [0.2, 0.25) is 5.02 Å². The van der Waals surface area contributed by atoms with Crippen molar-refractivity contribution >= 4 is 11.6 Å². The van der Waals surface area contributed by atoms with Gasteiger partial charge in [-0.1, -0.05) is 39.3 Å². The summed E-state index contributed by atoms with van der Waals surface area (Å²) in [6.45, 7) is 8.90. The molecule has 1 rings (SSSR count). The maximum absolute atomic E-state index is 13.3. The fourth-order valence-electron chi connectivity index (χ4n) is 1.85. The van der Waals surface area contributed by atoms with Crippen molar-refractivity contribution in [3.05, 3.63) is 34.4 Å². The topological polar surface area (TPSA) is 12.0 Å². The Morgan fingerprint density at radius 2 is 1.78 bits per heavy atom. The molecule has 0 aliphatic heterocycles. The summed E-state index contributed by atoms with van der Waals surface area (Å²) in [6.07, 6.45) is 0.802. The van der Waals surface area contributed by atoms with Crippen molar-refractivity contribution in [3.63, 3.8) is 0 Å². The molecule has 102 valence electrons. The van der Waals surface area contributed by atoms with Gasteiger partial charge in [-0.25, -0.2) is 8.78 Å². The third-order valence-electron chi connectivity index (χ3n) is 3.04. The molecule has 4 heteroatoms. The van der Waals surface area contributed by atoms with E-state index < -0.39 is 11.6 Å². The van der Waals surface area contributed by atoms with Crippen LogP contribution in [0.3, 0.4) is 0 Å². The van der Waals surface area contributed by atoms with Gasteiger partial charge in [-0.2, -0.15) is 0 Å². The minimum atomic E-state index is -0.903. The largest absolute Gasteiger partial charge is 0.315 e. The normalized spacial score (nSPS) is 12.2. The molecule has 1 aromatic rings. The Balaban J connectivity index is 2.87. The Bertz CT molecular complexity index is 417. The van der Waals surface area contributed by atoms with E-state index >= 15 is 0 Å². The monoisotopic (exact) mass is 275 g/mol. The summed E-state index contributed by atoms with van der Waals surface area (Å²) in [5.41, 5.74) is 0.349.